The van der Waals surface area contributed by atoms with Crippen molar-refractivity contribution in [3.05, 3.63) is 53.9 Å². The Morgan fingerprint density at radius 3 is 2.52 bits per heavy atom. The molecule has 0 spiro atoms. The lowest BCUT2D eigenvalue weighted by Gasteiger charge is -2.23. The van der Waals surface area contributed by atoms with Crippen LogP contribution in [0.2, 0.25) is 0 Å². The molecule has 1 fully saturated rings. The Balaban J connectivity index is 1.64. The zero-order valence-corrected chi connectivity index (χ0v) is 20.5. The summed E-state index contributed by atoms with van der Waals surface area (Å²) in [6.45, 7) is 9.45. The van der Waals surface area contributed by atoms with Crippen molar-refractivity contribution in [2.24, 2.45) is 11.3 Å². The number of nitrogens with one attached hydrogen (secondary N) is 1. The Hall–Kier alpha value is -2.82. The lowest BCUT2D eigenvalue weighted by atomic mass is 9.89. The van der Waals surface area contributed by atoms with Crippen LogP contribution in [-0.2, 0) is 17.8 Å². The average molecular weight is 448 g/mol. The first-order valence-corrected chi connectivity index (χ1v) is 12.3. The zero-order valence-electron chi connectivity index (χ0n) is 20.5. The molecule has 0 atom stereocenters. The van der Waals surface area contributed by atoms with Gasteiger partial charge in [-0.3, -0.25) is 4.79 Å². The van der Waals surface area contributed by atoms with E-state index in [1.807, 2.05) is 39.8 Å². The maximum absolute atomic E-state index is 12.5. The third-order valence-electron chi connectivity index (χ3n) is 6.54. The number of fused-ring (bicyclic) bond motifs is 1. The van der Waals surface area contributed by atoms with Crippen molar-refractivity contribution in [2.45, 2.75) is 72.8 Å². The summed E-state index contributed by atoms with van der Waals surface area (Å²) in [7, 11) is 0. The molecule has 1 saturated carbocycles. The Labute approximate surface area is 197 Å². The van der Waals surface area contributed by atoms with Gasteiger partial charge >= 0.3 is 0 Å². The number of rotatable bonds is 7. The fourth-order valence-electron chi connectivity index (χ4n) is 4.64. The molecule has 5 heteroatoms. The monoisotopic (exact) mass is 447 g/mol. The fourth-order valence-corrected chi connectivity index (χ4v) is 4.64. The van der Waals surface area contributed by atoms with Crippen LogP contribution in [-0.4, -0.2) is 22.1 Å². The van der Waals surface area contributed by atoms with Gasteiger partial charge in [0.1, 0.15) is 11.4 Å². The average Bonchev–Trinajstić information content (AvgIpc) is 3.11. The predicted octanol–water partition coefficient (Wildman–Crippen LogP) is 6.59. The molecule has 3 aromatic rings. The number of carbonyl (C=O) groups is 1. The Bertz CT molecular complexity index is 1090. The summed E-state index contributed by atoms with van der Waals surface area (Å²) in [5.41, 5.74) is 3.85. The van der Waals surface area contributed by atoms with Gasteiger partial charge in [0, 0.05) is 29.5 Å². The summed E-state index contributed by atoms with van der Waals surface area (Å²) in [5.74, 6) is 1.61. The highest BCUT2D eigenvalue weighted by Crippen LogP contribution is 2.30. The number of amides is 1. The maximum atomic E-state index is 12.5. The molecular formula is C28H37N3O2. The van der Waals surface area contributed by atoms with Crippen molar-refractivity contribution in [3.8, 4) is 5.75 Å². The van der Waals surface area contributed by atoms with Crippen LogP contribution in [0.1, 0.15) is 71.1 Å². The van der Waals surface area contributed by atoms with Crippen LogP contribution in [0.3, 0.4) is 0 Å². The first-order valence-electron chi connectivity index (χ1n) is 12.3. The number of nitrogens with zero attached hydrogens (tertiary/aromatic N) is 2. The summed E-state index contributed by atoms with van der Waals surface area (Å²) in [4.78, 5) is 17.3. The number of pyridine rings is 1. The molecule has 1 aromatic carbocycles. The van der Waals surface area contributed by atoms with E-state index >= 15 is 0 Å². The van der Waals surface area contributed by atoms with E-state index in [4.69, 9.17) is 9.72 Å². The van der Waals surface area contributed by atoms with E-state index in [9.17, 15) is 4.79 Å². The van der Waals surface area contributed by atoms with Crippen LogP contribution in [0, 0.1) is 11.3 Å². The molecule has 33 heavy (non-hydrogen) atoms. The van der Waals surface area contributed by atoms with Crippen molar-refractivity contribution in [1.29, 1.82) is 0 Å². The summed E-state index contributed by atoms with van der Waals surface area (Å²) >= 11 is 0. The molecule has 1 aliphatic carbocycles. The molecule has 0 bridgehead atoms. The van der Waals surface area contributed by atoms with Crippen LogP contribution < -0.4 is 10.1 Å². The molecule has 1 aliphatic rings. The number of benzene rings is 1. The topological polar surface area (TPSA) is 56.1 Å². The quantitative estimate of drug-likeness (QED) is 0.444. The highest BCUT2D eigenvalue weighted by Gasteiger charge is 2.22. The second kappa shape index (κ2) is 9.98. The van der Waals surface area contributed by atoms with Crippen molar-refractivity contribution in [1.82, 2.24) is 9.55 Å². The second-order valence-corrected chi connectivity index (χ2v) is 10.3. The smallest absolute Gasteiger partial charge is 0.229 e. The van der Waals surface area contributed by atoms with Gasteiger partial charge in [0.15, 0.2) is 0 Å². The van der Waals surface area contributed by atoms with Gasteiger partial charge in [-0.15, -0.1) is 0 Å². The molecule has 4 rings (SSSR count). The SMILES string of the molecule is CCOc1ccc(Cc2cc3cc(NC(=O)C(C)(C)C)cnc3n2CC2CCCCC2)cc1. The van der Waals surface area contributed by atoms with Gasteiger partial charge in [0.25, 0.3) is 0 Å². The minimum atomic E-state index is -0.444. The molecule has 5 nitrogen and oxygen atoms in total. The van der Waals surface area contributed by atoms with Crippen molar-refractivity contribution in [2.75, 3.05) is 11.9 Å². The third-order valence-corrected chi connectivity index (χ3v) is 6.54. The first-order chi connectivity index (χ1) is 15.8. The maximum Gasteiger partial charge on any atom is 0.229 e. The summed E-state index contributed by atoms with van der Waals surface area (Å²) in [6.07, 6.45) is 9.24. The molecule has 1 N–H and O–H groups in total. The van der Waals surface area contributed by atoms with Crippen LogP contribution in [0.4, 0.5) is 5.69 Å². The van der Waals surface area contributed by atoms with E-state index in [-0.39, 0.29) is 5.91 Å². The summed E-state index contributed by atoms with van der Waals surface area (Å²) in [6, 6.07) is 12.7. The molecule has 0 saturated heterocycles. The number of carbonyl (C=O) groups excluding carboxylic acids is 1. The van der Waals surface area contributed by atoms with Gasteiger partial charge < -0.3 is 14.6 Å². The predicted molar refractivity (Wildman–Crippen MR) is 135 cm³/mol. The highest BCUT2D eigenvalue weighted by molar-refractivity contribution is 5.96. The number of anilines is 1. The van der Waals surface area contributed by atoms with Crippen LogP contribution >= 0.6 is 0 Å². The Morgan fingerprint density at radius 2 is 1.85 bits per heavy atom. The van der Waals surface area contributed by atoms with Crippen molar-refractivity contribution in [3.63, 3.8) is 0 Å². The van der Waals surface area contributed by atoms with E-state index in [0.717, 1.165) is 35.4 Å². The van der Waals surface area contributed by atoms with Crippen molar-refractivity contribution < 1.29 is 9.53 Å². The molecule has 2 aromatic heterocycles. The van der Waals surface area contributed by atoms with Crippen LogP contribution in [0.25, 0.3) is 11.0 Å². The second-order valence-electron chi connectivity index (χ2n) is 10.3. The number of hydrogen-bond donors (Lipinski definition) is 1. The van der Waals surface area contributed by atoms with E-state index in [1.165, 1.54) is 43.4 Å². The lowest BCUT2D eigenvalue weighted by molar-refractivity contribution is -0.123. The van der Waals surface area contributed by atoms with Gasteiger partial charge in [-0.1, -0.05) is 52.2 Å². The minimum Gasteiger partial charge on any atom is -0.494 e. The van der Waals surface area contributed by atoms with E-state index < -0.39 is 5.41 Å². The number of aromatic nitrogens is 2. The van der Waals surface area contributed by atoms with Crippen LogP contribution in [0.15, 0.2) is 42.6 Å². The van der Waals surface area contributed by atoms with E-state index in [2.05, 4.69) is 34.1 Å². The Morgan fingerprint density at radius 1 is 1.12 bits per heavy atom. The molecule has 0 unspecified atom stereocenters. The Kier molecular flexibility index (Phi) is 7.06. The standard InChI is InChI=1S/C28H37N3O2/c1-5-33-25-13-11-20(12-14-25)15-24-17-22-16-23(30-27(32)28(2,3)4)18-29-26(22)31(24)19-21-9-7-6-8-10-21/h11-14,16-18,21H,5-10,15,19H2,1-4H3,(H,30,32). The van der Waals surface area contributed by atoms with Gasteiger partial charge in [-0.2, -0.15) is 0 Å². The minimum absolute atomic E-state index is 0.0000929. The molecule has 176 valence electrons. The van der Waals surface area contributed by atoms with Gasteiger partial charge in [0.2, 0.25) is 5.91 Å². The molecule has 2 heterocycles. The number of hydrogen-bond acceptors (Lipinski definition) is 3. The van der Waals surface area contributed by atoms with E-state index in [0.29, 0.717) is 12.5 Å². The molecule has 0 aliphatic heterocycles. The molecule has 1 amide bonds. The van der Waals surface area contributed by atoms with E-state index in [1.54, 1.807) is 6.20 Å². The van der Waals surface area contributed by atoms with Gasteiger partial charge in [-0.25, -0.2) is 4.98 Å². The molecule has 0 radical (unpaired) electrons. The van der Waals surface area contributed by atoms with Crippen LogP contribution in [0.5, 0.6) is 5.75 Å². The summed E-state index contributed by atoms with van der Waals surface area (Å²) < 4.78 is 8.02. The lowest BCUT2D eigenvalue weighted by Crippen LogP contribution is -2.27. The largest absolute Gasteiger partial charge is 0.494 e. The number of ether oxygens (including phenoxy) is 1. The normalized spacial score (nSPS) is 15.0. The van der Waals surface area contributed by atoms with Gasteiger partial charge in [-0.05, 0) is 55.5 Å². The fraction of sp³-hybridized carbons (Fsp3) is 0.500. The molecular weight excluding hydrogens is 410 g/mol. The highest BCUT2D eigenvalue weighted by atomic mass is 16.5. The third kappa shape index (κ3) is 5.76. The zero-order chi connectivity index (χ0) is 23.4. The van der Waals surface area contributed by atoms with Crippen molar-refractivity contribution >= 4 is 22.6 Å². The first kappa shape index (κ1) is 23.3. The van der Waals surface area contributed by atoms with Gasteiger partial charge in [0.05, 0.1) is 18.5 Å². The summed E-state index contributed by atoms with van der Waals surface area (Å²) in [5, 5.41) is 4.11.